The van der Waals surface area contributed by atoms with Crippen LogP contribution in [0.15, 0.2) is 0 Å². The predicted molar refractivity (Wildman–Crippen MR) is 80.6 cm³/mol. The summed E-state index contributed by atoms with van der Waals surface area (Å²) < 4.78 is 4.24. The summed E-state index contributed by atoms with van der Waals surface area (Å²) in [5.74, 6) is -7.46. The maximum Gasteiger partial charge on any atom is 0.344 e. The van der Waals surface area contributed by atoms with Gasteiger partial charge in [0.05, 0.1) is 12.8 Å². The van der Waals surface area contributed by atoms with Gasteiger partial charge in [0.25, 0.3) is 0 Å². The summed E-state index contributed by atoms with van der Waals surface area (Å²) in [6, 6.07) is 0. The van der Waals surface area contributed by atoms with Crippen molar-refractivity contribution in [3.8, 4) is 0 Å². The molecule has 4 unspecified atom stereocenters. The Hall–Kier alpha value is -2.44. The number of hydrogen-bond donors (Lipinski definition) is 8. The normalized spacial score (nSPS) is 17.4. The number of aliphatic hydroxyl groups excluding tert-OH is 2. The Morgan fingerprint density at radius 1 is 0.897 bits per heavy atom. The molecule has 29 heavy (non-hydrogen) atoms. The zero-order valence-electron chi connectivity index (χ0n) is 14.5. The summed E-state index contributed by atoms with van der Waals surface area (Å²) in [6.45, 7) is -3.20. The van der Waals surface area contributed by atoms with Crippen molar-refractivity contribution in [1.29, 1.82) is 0 Å². The average Bonchev–Trinajstić information content (AvgIpc) is 2.59. The molecule has 0 saturated carbocycles. The Balaban J connectivity index is 4.83. The van der Waals surface area contributed by atoms with Crippen LogP contribution in [0.5, 0.6) is 0 Å². The van der Waals surface area contributed by atoms with Crippen molar-refractivity contribution >= 4 is 23.9 Å². The highest BCUT2D eigenvalue weighted by Gasteiger charge is 2.50. The zero-order chi connectivity index (χ0) is 22.8. The third kappa shape index (κ3) is 8.21. The van der Waals surface area contributed by atoms with Crippen LogP contribution in [0.25, 0.3) is 0 Å². The van der Waals surface area contributed by atoms with Gasteiger partial charge in [0.1, 0.15) is 24.9 Å². The molecule has 0 fully saturated rings. The molecule has 16 nitrogen and oxygen atoms in total. The van der Waals surface area contributed by atoms with Gasteiger partial charge < -0.3 is 40.5 Å². The van der Waals surface area contributed by atoms with E-state index in [4.69, 9.17) is 20.6 Å². The van der Waals surface area contributed by atoms with Crippen LogP contribution in [0.1, 0.15) is 12.8 Å². The van der Waals surface area contributed by atoms with Gasteiger partial charge in [-0.25, -0.2) is 19.4 Å². The Labute approximate surface area is 160 Å². The van der Waals surface area contributed by atoms with Crippen LogP contribution in [-0.2, 0) is 38.6 Å². The van der Waals surface area contributed by atoms with Crippen LogP contribution in [0, 0.1) is 0 Å². The van der Waals surface area contributed by atoms with E-state index in [-0.39, 0.29) is 0 Å². The second-order valence-corrected chi connectivity index (χ2v) is 5.65. The Morgan fingerprint density at radius 2 is 1.45 bits per heavy atom. The first-order chi connectivity index (χ1) is 13.3. The minimum atomic E-state index is -3.38. The van der Waals surface area contributed by atoms with E-state index in [0.717, 1.165) is 0 Å². The van der Waals surface area contributed by atoms with Crippen molar-refractivity contribution < 1.29 is 79.6 Å². The second kappa shape index (κ2) is 11.5. The first kappa shape index (κ1) is 26.6. The molecule has 16 heteroatoms. The van der Waals surface area contributed by atoms with Gasteiger partial charge in [0.2, 0.25) is 12.4 Å². The molecule has 0 aliphatic heterocycles. The molecule has 0 aromatic heterocycles. The number of hydrogen-bond acceptors (Lipinski definition) is 13. The lowest BCUT2D eigenvalue weighted by atomic mass is 9.93. The molecular formula is C13H20O16. The van der Waals surface area contributed by atoms with E-state index in [2.05, 4.69) is 19.4 Å². The van der Waals surface area contributed by atoms with Gasteiger partial charge in [0.15, 0.2) is 6.10 Å². The van der Waals surface area contributed by atoms with Crippen LogP contribution in [0.4, 0.5) is 0 Å². The van der Waals surface area contributed by atoms with Crippen molar-refractivity contribution in [3.63, 3.8) is 0 Å². The quantitative estimate of drug-likeness (QED) is 0.0404. The molecule has 0 radical (unpaired) electrons. The maximum atomic E-state index is 11.7. The highest BCUT2D eigenvalue weighted by Crippen LogP contribution is 2.20. The second-order valence-electron chi connectivity index (χ2n) is 5.65. The summed E-state index contributed by atoms with van der Waals surface area (Å²) in [5.41, 5.74) is -5.90. The first-order valence-electron chi connectivity index (χ1n) is 7.45. The first-order valence-corrected chi connectivity index (χ1v) is 7.45. The summed E-state index contributed by atoms with van der Waals surface area (Å²) in [5, 5.41) is 73.0. The van der Waals surface area contributed by atoms with E-state index in [0.29, 0.717) is 0 Å². The molecule has 8 N–H and O–H groups in total. The van der Waals surface area contributed by atoms with E-state index in [1.54, 1.807) is 0 Å². The van der Waals surface area contributed by atoms with E-state index >= 15 is 0 Å². The number of ether oxygens (including phenoxy) is 1. The van der Waals surface area contributed by atoms with Crippen LogP contribution >= 0.6 is 0 Å². The fourth-order valence-corrected chi connectivity index (χ4v) is 1.85. The van der Waals surface area contributed by atoms with Crippen molar-refractivity contribution in [1.82, 2.24) is 0 Å². The van der Waals surface area contributed by atoms with Gasteiger partial charge in [-0.1, -0.05) is 0 Å². The Bertz CT molecular complexity index is 591. The van der Waals surface area contributed by atoms with Gasteiger partial charge in [-0.3, -0.25) is 14.8 Å². The molecule has 0 amide bonds. The molecule has 0 aliphatic carbocycles. The van der Waals surface area contributed by atoms with Crippen molar-refractivity contribution in [2.24, 2.45) is 0 Å². The lowest BCUT2D eigenvalue weighted by Gasteiger charge is -2.30. The molecule has 0 aliphatic rings. The summed E-state index contributed by atoms with van der Waals surface area (Å²) in [6.07, 6.45) is -7.45. The Morgan fingerprint density at radius 3 is 1.90 bits per heavy atom. The lowest BCUT2D eigenvalue weighted by molar-refractivity contribution is -0.358. The minimum Gasteiger partial charge on any atom is -0.481 e. The number of aliphatic carboxylic acids is 3. The van der Waals surface area contributed by atoms with Crippen molar-refractivity contribution in [2.45, 2.75) is 36.3 Å². The molecule has 0 bridgehead atoms. The molecule has 4 atom stereocenters. The van der Waals surface area contributed by atoms with E-state index in [9.17, 15) is 39.6 Å². The van der Waals surface area contributed by atoms with Crippen molar-refractivity contribution in [2.75, 3.05) is 20.0 Å². The summed E-state index contributed by atoms with van der Waals surface area (Å²) in [7, 11) is 0. The zero-order valence-corrected chi connectivity index (χ0v) is 14.5. The molecule has 168 valence electrons. The van der Waals surface area contributed by atoms with E-state index < -0.39 is 80.1 Å². The third-order valence-corrected chi connectivity index (χ3v) is 3.40. The van der Waals surface area contributed by atoms with E-state index in [1.165, 1.54) is 0 Å². The number of carboxylic acid groups (broad SMARTS) is 3. The summed E-state index contributed by atoms with van der Waals surface area (Å²) >= 11 is 0. The number of aliphatic hydroxyl groups is 4. The fraction of sp³-hybridized carbons (Fsp3) is 0.692. The molecule has 0 heterocycles. The number of carbonyl (C=O) groups excluding carboxylic acids is 1. The number of esters is 1. The van der Waals surface area contributed by atoms with Gasteiger partial charge >= 0.3 is 23.9 Å². The smallest absolute Gasteiger partial charge is 0.344 e. The SMILES string of the molecule is O=C(O)CC(O)(COOCOC(=O)C(O)(CC(=O)O)C(O)C(=O)O)C(O)COO. The van der Waals surface area contributed by atoms with E-state index in [1.807, 2.05) is 0 Å². The highest BCUT2D eigenvalue weighted by atomic mass is 17.2. The molecular weight excluding hydrogens is 412 g/mol. The van der Waals surface area contributed by atoms with Crippen LogP contribution in [0.3, 0.4) is 0 Å². The van der Waals surface area contributed by atoms with Gasteiger partial charge in [-0.05, 0) is 0 Å². The molecule has 0 saturated heterocycles. The van der Waals surface area contributed by atoms with Gasteiger partial charge in [-0.15, -0.1) is 0 Å². The largest absolute Gasteiger partial charge is 0.481 e. The van der Waals surface area contributed by atoms with Crippen molar-refractivity contribution in [3.05, 3.63) is 0 Å². The number of carboxylic acids is 3. The molecule has 0 spiro atoms. The molecule has 0 rings (SSSR count). The maximum absolute atomic E-state index is 11.7. The monoisotopic (exact) mass is 432 g/mol. The standard InChI is InChI=1S/C13H20O16/c14-6(3-27-25)12(23,1-7(15)16)4-28-29-5-26-11(22)13(24,2-8(17)18)9(19)10(20)21/h6,9,14,19,23-25H,1-5H2,(H,15,16)(H,17,18)(H,20,21). The topological polar surface area (TPSA) is 267 Å². The van der Waals surface area contributed by atoms with Crippen LogP contribution in [0.2, 0.25) is 0 Å². The van der Waals surface area contributed by atoms with Gasteiger partial charge in [-0.2, -0.15) is 4.89 Å². The number of rotatable bonds is 15. The Kier molecular flexibility index (Phi) is 10.6. The summed E-state index contributed by atoms with van der Waals surface area (Å²) in [4.78, 5) is 56.1. The predicted octanol–water partition coefficient (Wildman–Crippen LogP) is -3.86. The third-order valence-electron chi connectivity index (χ3n) is 3.40. The highest BCUT2D eigenvalue weighted by molar-refractivity contribution is 5.91. The minimum absolute atomic E-state index is 0.905. The molecule has 0 aromatic carbocycles. The lowest BCUT2D eigenvalue weighted by Crippen LogP contribution is -2.55. The average molecular weight is 432 g/mol. The fourth-order valence-electron chi connectivity index (χ4n) is 1.85. The van der Waals surface area contributed by atoms with Crippen LogP contribution < -0.4 is 0 Å². The van der Waals surface area contributed by atoms with Gasteiger partial charge in [0, 0.05) is 0 Å². The van der Waals surface area contributed by atoms with Crippen LogP contribution in [-0.4, -0.2) is 108 Å². The molecule has 0 aromatic rings. The number of carbonyl (C=O) groups is 4.